The van der Waals surface area contributed by atoms with Gasteiger partial charge in [-0.3, -0.25) is 4.79 Å². The van der Waals surface area contributed by atoms with Crippen molar-refractivity contribution in [3.05, 3.63) is 71.9 Å². The van der Waals surface area contributed by atoms with Gasteiger partial charge in [0.05, 0.1) is 22.5 Å². The topological polar surface area (TPSA) is 71.8 Å². The van der Waals surface area contributed by atoms with E-state index in [4.69, 9.17) is 0 Å². The van der Waals surface area contributed by atoms with Crippen molar-refractivity contribution in [3.63, 3.8) is 0 Å². The summed E-state index contributed by atoms with van der Waals surface area (Å²) in [6.07, 6.45) is 0. The van der Waals surface area contributed by atoms with Crippen LogP contribution in [0.2, 0.25) is 0 Å². The molecule has 0 fully saturated rings. The molecule has 0 aliphatic carbocycles. The Morgan fingerprint density at radius 3 is 2.70 bits per heavy atom. The second-order valence-corrected chi connectivity index (χ2v) is 7.19. The highest BCUT2D eigenvalue weighted by Gasteiger charge is 2.14. The second kappa shape index (κ2) is 7.69. The van der Waals surface area contributed by atoms with Gasteiger partial charge in [-0.15, -0.1) is 0 Å². The lowest BCUT2D eigenvalue weighted by Gasteiger charge is -2.07. The highest BCUT2D eigenvalue weighted by Crippen LogP contribution is 2.26. The largest absolute Gasteiger partial charge is 0.309 e. The number of carbonyl (C=O) groups excluding carboxylic acids is 1. The van der Waals surface area contributed by atoms with Gasteiger partial charge in [-0.25, -0.2) is 4.98 Å². The van der Waals surface area contributed by atoms with E-state index >= 15 is 0 Å². The molecule has 2 aromatic heterocycles. The zero-order valence-electron chi connectivity index (χ0n) is 14.8. The zero-order valence-corrected chi connectivity index (χ0v) is 15.7. The van der Waals surface area contributed by atoms with Gasteiger partial charge in [-0.1, -0.05) is 53.8 Å². The van der Waals surface area contributed by atoms with Gasteiger partial charge in [0, 0.05) is 12.6 Å². The SMILES string of the molecule is Cc1cc(NC(=O)CNCc2ccccc2)n(-c2nc3ccccc3s2)n1. The minimum absolute atomic E-state index is 0.117. The zero-order chi connectivity index (χ0) is 18.6. The number of amides is 1. The maximum atomic E-state index is 12.3. The van der Waals surface area contributed by atoms with E-state index < -0.39 is 0 Å². The maximum Gasteiger partial charge on any atom is 0.239 e. The highest BCUT2D eigenvalue weighted by molar-refractivity contribution is 7.20. The molecule has 2 N–H and O–H groups in total. The number of thiazole rings is 1. The van der Waals surface area contributed by atoms with Crippen LogP contribution in [-0.2, 0) is 11.3 Å². The second-order valence-electron chi connectivity index (χ2n) is 6.18. The molecule has 0 bridgehead atoms. The summed E-state index contributed by atoms with van der Waals surface area (Å²) in [4.78, 5) is 17.0. The molecule has 6 nitrogen and oxygen atoms in total. The van der Waals surface area contributed by atoms with Crippen molar-refractivity contribution < 1.29 is 4.79 Å². The number of rotatable bonds is 6. The number of nitrogens with zero attached hydrogens (tertiary/aromatic N) is 3. The number of aryl methyl sites for hydroxylation is 1. The quantitative estimate of drug-likeness (QED) is 0.539. The summed E-state index contributed by atoms with van der Waals surface area (Å²) in [5.74, 6) is 0.506. The summed E-state index contributed by atoms with van der Waals surface area (Å²) in [6.45, 7) is 2.76. The summed E-state index contributed by atoms with van der Waals surface area (Å²) in [5.41, 5.74) is 2.88. The first-order chi connectivity index (χ1) is 13.2. The molecular weight excluding hydrogens is 358 g/mol. The monoisotopic (exact) mass is 377 g/mol. The Kier molecular flexibility index (Phi) is 4.95. The number of anilines is 1. The van der Waals surface area contributed by atoms with Gasteiger partial charge in [0.2, 0.25) is 11.0 Å². The number of carbonyl (C=O) groups is 1. The predicted molar refractivity (Wildman–Crippen MR) is 108 cm³/mol. The van der Waals surface area contributed by atoms with Crippen molar-refractivity contribution in [3.8, 4) is 5.13 Å². The molecule has 0 unspecified atom stereocenters. The fourth-order valence-electron chi connectivity index (χ4n) is 2.79. The average Bonchev–Trinajstić information content (AvgIpc) is 3.25. The molecule has 4 aromatic rings. The molecule has 0 aliphatic heterocycles. The molecule has 0 aliphatic rings. The van der Waals surface area contributed by atoms with E-state index in [1.165, 1.54) is 0 Å². The molecule has 7 heteroatoms. The molecule has 0 spiro atoms. The standard InChI is InChI=1S/C20H19N5OS/c1-14-11-18(23-19(26)13-21-12-15-7-3-2-4-8-15)25(24-14)20-22-16-9-5-6-10-17(16)27-20/h2-11,21H,12-13H2,1H3,(H,23,26). The number of nitrogens with one attached hydrogen (secondary N) is 2. The highest BCUT2D eigenvalue weighted by atomic mass is 32.1. The molecular formula is C20H19N5OS. The number of para-hydroxylation sites is 1. The van der Waals surface area contributed by atoms with E-state index in [2.05, 4.69) is 20.7 Å². The van der Waals surface area contributed by atoms with Crippen molar-refractivity contribution in [1.82, 2.24) is 20.1 Å². The fraction of sp³-hybridized carbons (Fsp3) is 0.150. The van der Waals surface area contributed by atoms with E-state index in [1.54, 1.807) is 16.0 Å². The molecule has 1 amide bonds. The van der Waals surface area contributed by atoms with Crippen LogP contribution in [0.3, 0.4) is 0 Å². The first-order valence-electron chi connectivity index (χ1n) is 8.66. The lowest BCUT2D eigenvalue weighted by Crippen LogP contribution is -2.28. The van der Waals surface area contributed by atoms with Gasteiger partial charge in [-0.05, 0) is 24.6 Å². The predicted octanol–water partition coefficient (Wildman–Crippen LogP) is 3.52. The van der Waals surface area contributed by atoms with E-state index in [-0.39, 0.29) is 12.5 Å². The van der Waals surface area contributed by atoms with Gasteiger partial charge in [0.1, 0.15) is 5.82 Å². The Morgan fingerprint density at radius 2 is 1.89 bits per heavy atom. The van der Waals surface area contributed by atoms with Crippen LogP contribution in [0.4, 0.5) is 5.82 Å². The van der Waals surface area contributed by atoms with Crippen LogP contribution >= 0.6 is 11.3 Å². The third kappa shape index (κ3) is 4.05. The third-order valence-electron chi connectivity index (χ3n) is 4.02. The molecule has 27 heavy (non-hydrogen) atoms. The minimum atomic E-state index is -0.117. The third-order valence-corrected chi connectivity index (χ3v) is 5.03. The molecule has 4 rings (SSSR count). The van der Waals surface area contributed by atoms with Crippen LogP contribution in [-0.4, -0.2) is 27.2 Å². The summed E-state index contributed by atoms with van der Waals surface area (Å²) < 4.78 is 2.78. The van der Waals surface area contributed by atoms with Gasteiger partial charge in [0.25, 0.3) is 0 Å². The van der Waals surface area contributed by atoms with Crippen molar-refractivity contribution in [2.45, 2.75) is 13.5 Å². The first kappa shape index (κ1) is 17.4. The number of benzene rings is 2. The smallest absolute Gasteiger partial charge is 0.239 e. The van der Waals surface area contributed by atoms with E-state index in [1.807, 2.05) is 67.6 Å². The van der Waals surface area contributed by atoms with Crippen molar-refractivity contribution >= 4 is 33.3 Å². The first-order valence-corrected chi connectivity index (χ1v) is 9.48. The number of hydrogen-bond acceptors (Lipinski definition) is 5. The van der Waals surface area contributed by atoms with Gasteiger partial charge < -0.3 is 10.6 Å². The fourth-order valence-corrected chi connectivity index (χ4v) is 3.72. The van der Waals surface area contributed by atoms with Crippen LogP contribution in [0.25, 0.3) is 15.3 Å². The van der Waals surface area contributed by atoms with Gasteiger partial charge >= 0.3 is 0 Å². The summed E-state index contributed by atoms with van der Waals surface area (Å²) in [5, 5.41) is 11.3. The minimum Gasteiger partial charge on any atom is -0.309 e. The molecule has 136 valence electrons. The van der Waals surface area contributed by atoms with Crippen LogP contribution in [0, 0.1) is 6.92 Å². The Bertz CT molecular complexity index is 1040. The van der Waals surface area contributed by atoms with Gasteiger partial charge in [-0.2, -0.15) is 9.78 Å². The molecule has 2 heterocycles. The summed E-state index contributed by atoms with van der Waals surface area (Å²) in [6, 6.07) is 19.8. The summed E-state index contributed by atoms with van der Waals surface area (Å²) >= 11 is 1.54. The number of aromatic nitrogens is 3. The lowest BCUT2D eigenvalue weighted by molar-refractivity contribution is -0.115. The molecule has 0 saturated carbocycles. The van der Waals surface area contributed by atoms with Crippen LogP contribution in [0.5, 0.6) is 0 Å². The van der Waals surface area contributed by atoms with Crippen LogP contribution < -0.4 is 10.6 Å². The molecule has 0 atom stereocenters. The van der Waals surface area contributed by atoms with Gasteiger partial charge in [0.15, 0.2) is 0 Å². The maximum absolute atomic E-state index is 12.3. The Balaban J connectivity index is 1.45. The number of hydrogen-bond donors (Lipinski definition) is 2. The van der Waals surface area contributed by atoms with Crippen molar-refractivity contribution in [2.24, 2.45) is 0 Å². The molecule has 0 saturated heterocycles. The van der Waals surface area contributed by atoms with E-state index in [0.717, 1.165) is 26.6 Å². The average molecular weight is 377 g/mol. The van der Waals surface area contributed by atoms with Crippen molar-refractivity contribution in [1.29, 1.82) is 0 Å². The lowest BCUT2D eigenvalue weighted by atomic mass is 10.2. The van der Waals surface area contributed by atoms with E-state index in [0.29, 0.717) is 12.4 Å². The summed E-state index contributed by atoms with van der Waals surface area (Å²) in [7, 11) is 0. The molecule has 0 radical (unpaired) electrons. The van der Waals surface area contributed by atoms with Crippen molar-refractivity contribution in [2.75, 3.05) is 11.9 Å². The van der Waals surface area contributed by atoms with E-state index in [9.17, 15) is 4.79 Å². The Labute approximate surface area is 160 Å². The van der Waals surface area contributed by atoms with Crippen LogP contribution in [0.15, 0.2) is 60.7 Å². The number of fused-ring (bicyclic) bond motifs is 1. The molecule has 2 aromatic carbocycles. The Morgan fingerprint density at radius 1 is 1.11 bits per heavy atom. The Hall–Kier alpha value is -3.03. The normalized spacial score (nSPS) is 11.0. The van der Waals surface area contributed by atoms with Crippen LogP contribution in [0.1, 0.15) is 11.3 Å².